The van der Waals surface area contributed by atoms with E-state index in [0.29, 0.717) is 11.4 Å². The summed E-state index contributed by atoms with van der Waals surface area (Å²) in [5, 5.41) is 9.84. The van der Waals surface area contributed by atoms with E-state index in [1.807, 2.05) is 24.3 Å². The smallest absolute Gasteiger partial charge is 0.404 e. The first-order chi connectivity index (χ1) is 8.63. The highest BCUT2D eigenvalue weighted by Crippen LogP contribution is 2.48. The molecule has 98 valence electrons. The molecule has 1 unspecified atom stereocenters. The minimum atomic E-state index is -0.746. The molecule has 4 nitrogen and oxygen atoms in total. The Balaban J connectivity index is 2.11. The van der Waals surface area contributed by atoms with Crippen molar-refractivity contribution >= 4 is 17.7 Å². The number of ether oxygens (including phenoxy) is 1. The summed E-state index contributed by atoms with van der Waals surface area (Å²) in [5.41, 5.74) is 6.00. The van der Waals surface area contributed by atoms with Gasteiger partial charge in [-0.15, -0.1) is 0 Å². The van der Waals surface area contributed by atoms with Crippen molar-refractivity contribution in [2.24, 2.45) is 11.7 Å². The highest BCUT2D eigenvalue weighted by molar-refractivity contribution is 6.31. The van der Waals surface area contributed by atoms with E-state index in [1.54, 1.807) is 0 Å². The molecule has 3 N–H and O–H groups in total. The number of carbonyl (C=O) groups is 1. The third-order valence-corrected chi connectivity index (χ3v) is 3.65. The number of rotatable bonds is 5. The summed E-state index contributed by atoms with van der Waals surface area (Å²) in [6, 6.07) is 7.56. The molecule has 1 saturated carbocycles. The summed E-state index contributed by atoms with van der Waals surface area (Å²) in [6.07, 6.45) is 0.492. The van der Waals surface area contributed by atoms with Crippen LogP contribution < -0.4 is 5.73 Å². The number of primary amides is 1. The van der Waals surface area contributed by atoms with Crippen LogP contribution in [-0.2, 0) is 4.74 Å². The normalized spacial score (nSPS) is 23.4. The SMILES string of the molecule is NC(=O)OC1C[C@@H]1[C@@H](CCO)c1ccccc1Cl. The third kappa shape index (κ3) is 2.94. The lowest BCUT2D eigenvalue weighted by atomic mass is 9.91. The monoisotopic (exact) mass is 269 g/mol. The second-order valence-corrected chi connectivity index (χ2v) is 4.92. The molecule has 1 amide bonds. The standard InChI is InChI=1S/C13H16ClNO3/c14-11-4-2-1-3-9(11)8(5-6-16)10-7-12(10)18-13(15)17/h1-4,8,10,12,16H,5-7H2,(H2,15,17)/t8-,10+,12?/m0/s1. The van der Waals surface area contributed by atoms with Gasteiger partial charge in [-0.2, -0.15) is 0 Å². The number of hydrogen-bond donors (Lipinski definition) is 2. The molecule has 1 aromatic carbocycles. The Morgan fingerprint density at radius 3 is 2.89 bits per heavy atom. The van der Waals surface area contributed by atoms with E-state index in [-0.39, 0.29) is 24.5 Å². The molecule has 0 heterocycles. The average Bonchev–Trinajstić information content (AvgIpc) is 3.05. The van der Waals surface area contributed by atoms with E-state index >= 15 is 0 Å². The fraction of sp³-hybridized carbons (Fsp3) is 0.462. The van der Waals surface area contributed by atoms with Crippen LogP contribution in [0.5, 0.6) is 0 Å². The summed E-state index contributed by atoms with van der Waals surface area (Å²) < 4.78 is 4.98. The zero-order chi connectivity index (χ0) is 13.1. The van der Waals surface area contributed by atoms with Crippen molar-refractivity contribution in [2.45, 2.75) is 24.9 Å². The van der Waals surface area contributed by atoms with Crippen molar-refractivity contribution in [3.8, 4) is 0 Å². The number of aliphatic hydroxyl groups excluding tert-OH is 1. The van der Waals surface area contributed by atoms with Crippen LogP contribution in [0.3, 0.4) is 0 Å². The van der Waals surface area contributed by atoms with Gasteiger partial charge < -0.3 is 15.6 Å². The molecule has 0 saturated heterocycles. The number of nitrogens with two attached hydrogens (primary N) is 1. The Bertz CT molecular complexity index is 438. The maximum absolute atomic E-state index is 10.7. The average molecular weight is 270 g/mol. The van der Waals surface area contributed by atoms with Crippen LogP contribution in [0.15, 0.2) is 24.3 Å². The number of aliphatic hydroxyl groups is 1. The van der Waals surface area contributed by atoms with Crippen molar-refractivity contribution in [3.05, 3.63) is 34.9 Å². The molecular formula is C13H16ClNO3. The lowest BCUT2D eigenvalue weighted by Gasteiger charge is -2.17. The number of halogens is 1. The van der Waals surface area contributed by atoms with Gasteiger partial charge in [0.25, 0.3) is 0 Å². The molecule has 1 aliphatic carbocycles. The van der Waals surface area contributed by atoms with Crippen LogP contribution in [0, 0.1) is 5.92 Å². The maximum Gasteiger partial charge on any atom is 0.404 e. The van der Waals surface area contributed by atoms with Gasteiger partial charge in [-0.3, -0.25) is 0 Å². The topological polar surface area (TPSA) is 72.6 Å². The van der Waals surface area contributed by atoms with Gasteiger partial charge in [-0.1, -0.05) is 29.8 Å². The van der Waals surface area contributed by atoms with Crippen molar-refractivity contribution in [3.63, 3.8) is 0 Å². The highest BCUT2D eigenvalue weighted by atomic mass is 35.5. The number of carbonyl (C=O) groups excluding carboxylic acids is 1. The largest absolute Gasteiger partial charge is 0.446 e. The van der Waals surface area contributed by atoms with E-state index in [0.717, 1.165) is 12.0 Å². The zero-order valence-electron chi connectivity index (χ0n) is 9.88. The molecule has 1 fully saturated rings. The van der Waals surface area contributed by atoms with Gasteiger partial charge in [-0.25, -0.2) is 4.79 Å². The van der Waals surface area contributed by atoms with Gasteiger partial charge in [0.1, 0.15) is 6.10 Å². The highest BCUT2D eigenvalue weighted by Gasteiger charge is 2.46. The molecule has 5 heteroatoms. The molecular weight excluding hydrogens is 254 g/mol. The second-order valence-electron chi connectivity index (χ2n) is 4.52. The molecule has 0 radical (unpaired) electrons. The quantitative estimate of drug-likeness (QED) is 0.861. The zero-order valence-corrected chi connectivity index (χ0v) is 10.6. The van der Waals surface area contributed by atoms with Gasteiger partial charge in [0.05, 0.1) is 0 Å². The Labute approximate surface area is 111 Å². The lowest BCUT2D eigenvalue weighted by Crippen LogP contribution is -2.17. The van der Waals surface area contributed by atoms with E-state index in [4.69, 9.17) is 27.2 Å². The maximum atomic E-state index is 10.7. The minimum Gasteiger partial charge on any atom is -0.446 e. The van der Waals surface area contributed by atoms with Gasteiger partial charge >= 0.3 is 6.09 Å². The van der Waals surface area contributed by atoms with Crippen molar-refractivity contribution in [1.29, 1.82) is 0 Å². The third-order valence-electron chi connectivity index (χ3n) is 3.31. The molecule has 3 atom stereocenters. The van der Waals surface area contributed by atoms with E-state index in [2.05, 4.69) is 0 Å². The molecule has 18 heavy (non-hydrogen) atoms. The minimum absolute atomic E-state index is 0.0790. The van der Waals surface area contributed by atoms with Crippen molar-refractivity contribution in [2.75, 3.05) is 6.61 Å². The fourth-order valence-electron chi connectivity index (χ4n) is 2.41. The van der Waals surface area contributed by atoms with Gasteiger partial charge in [0.2, 0.25) is 0 Å². The Kier molecular flexibility index (Phi) is 4.09. The first-order valence-electron chi connectivity index (χ1n) is 5.95. The van der Waals surface area contributed by atoms with E-state index in [9.17, 15) is 4.79 Å². The Morgan fingerprint density at radius 2 is 2.28 bits per heavy atom. The van der Waals surface area contributed by atoms with Gasteiger partial charge in [-0.05, 0) is 30.4 Å². The Hall–Kier alpha value is -1.26. The molecule has 1 aliphatic rings. The second kappa shape index (κ2) is 5.59. The van der Waals surface area contributed by atoms with E-state index < -0.39 is 6.09 Å². The van der Waals surface area contributed by atoms with Gasteiger partial charge in [0.15, 0.2) is 0 Å². The molecule has 0 bridgehead atoms. The van der Waals surface area contributed by atoms with Crippen molar-refractivity contribution in [1.82, 2.24) is 0 Å². The predicted octanol–water partition coefficient (Wildman–Crippen LogP) is 2.29. The summed E-state index contributed by atoms with van der Waals surface area (Å²) in [5.74, 6) is 0.303. The summed E-state index contributed by atoms with van der Waals surface area (Å²) >= 11 is 6.17. The summed E-state index contributed by atoms with van der Waals surface area (Å²) in [7, 11) is 0. The number of benzene rings is 1. The molecule has 0 spiro atoms. The molecule has 0 aliphatic heterocycles. The lowest BCUT2D eigenvalue weighted by molar-refractivity contribution is 0.140. The van der Waals surface area contributed by atoms with Crippen LogP contribution in [0.25, 0.3) is 0 Å². The fourth-order valence-corrected chi connectivity index (χ4v) is 2.69. The predicted molar refractivity (Wildman–Crippen MR) is 68.5 cm³/mol. The molecule has 0 aromatic heterocycles. The summed E-state index contributed by atoms with van der Waals surface area (Å²) in [4.78, 5) is 10.7. The van der Waals surface area contributed by atoms with Crippen LogP contribution in [0.1, 0.15) is 24.3 Å². The van der Waals surface area contributed by atoms with E-state index in [1.165, 1.54) is 0 Å². The Morgan fingerprint density at radius 1 is 1.56 bits per heavy atom. The van der Waals surface area contributed by atoms with Crippen LogP contribution in [0.4, 0.5) is 4.79 Å². The summed E-state index contributed by atoms with van der Waals surface area (Å²) in [6.45, 7) is 0.0790. The van der Waals surface area contributed by atoms with Crippen LogP contribution in [-0.4, -0.2) is 23.9 Å². The number of amides is 1. The van der Waals surface area contributed by atoms with Crippen molar-refractivity contribution < 1.29 is 14.6 Å². The first kappa shape index (κ1) is 13.2. The van der Waals surface area contributed by atoms with Crippen LogP contribution in [0.2, 0.25) is 5.02 Å². The molecule has 1 aromatic rings. The van der Waals surface area contributed by atoms with Crippen LogP contribution >= 0.6 is 11.6 Å². The van der Waals surface area contributed by atoms with Gasteiger partial charge in [0, 0.05) is 17.5 Å². The first-order valence-corrected chi connectivity index (χ1v) is 6.32. The molecule has 2 rings (SSSR count). The number of hydrogen-bond acceptors (Lipinski definition) is 3.